The number of nitrogens with zero attached hydrogens (tertiary/aromatic N) is 2. The van der Waals surface area contributed by atoms with Crippen molar-refractivity contribution in [2.45, 2.75) is 52.0 Å². The van der Waals surface area contributed by atoms with Gasteiger partial charge in [0.15, 0.2) is 0 Å². The normalized spacial score (nSPS) is 22.0. The smallest absolute Gasteiger partial charge is 0.298 e. The van der Waals surface area contributed by atoms with E-state index in [-0.39, 0.29) is 16.7 Å². The van der Waals surface area contributed by atoms with Crippen molar-refractivity contribution in [2.24, 2.45) is 0 Å². The molecule has 2 aliphatic rings. The van der Waals surface area contributed by atoms with Crippen molar-refractivity contribution in [3.8, 4) is 0 Å². The Morgan fingerprint density at radius 3 is 2.57 bits per heavy atom. The van der Waals surface area contributed by atoms with Crippen molar-refractivity contribution in [2.75, 3.05) is 16.3 Å². The van der Waals surface area contributed by atoms with E-state index < -0.39 is 0 Å². The van der Waals surface area contributed by atoms with E-state index in [4.69, 9.17) is 0 Å². The molecule has 2 heterocycles. The molecule has 0 aromatic heterocycles. The largest absolute Gasteiger partial charge is 0.366 e. The maximum absolute atomic E-state index is 12.9. The van der Waals surface area contributed by atoms with E-state index in [0.29, 0.717) is 16.5 Å². The first kappa shape index (κ1) is 20.7. The molecule has 30 heavy (non-hydrogen) atoms. The lowest BCUT2D eigenvalue weighted by Crippen LogP contribution is -2.48. The third kappa shape index (κ3) is 3.67. The summed E-state index contributed by atoms with van der Waals surface area (Å²) in [5.41, 5.74) is 4.31. The number of benzene rings is 2. The van der Waals surface area contributed by atoms with E-state index in [0.717, 1.165) is 36.7 Å². The third-order valence-corrected chi connectivity index (χ3v) is 6.83. The quantitative estimate of drug-likeness (QED) is 0.535. The van der Waals surface area contributed by atoms with Gasteiger partial charge in [-0.15, -0.1) is 0 Å². The first-order chi connectivity index (χ1) is 14.3. The minimum atomic E-state index is -0.254. The summed E-state index contributed by atoms with van der Waals surface area (Å²) in [6.45, 7) is 10.1. The van der Waals surface area contributed by atoms with Crippen LogP contribution in [0.4, 0.5) is 16.2 Å². The van der Waals surface area contributed by atoms with Crippen LogP contribution in [0.25, 0.3) is 6.08 Å². The molecule has 0 N–H and O–H groups in total. The first-order valence-electron chi connectivity index (χ1n) is 10.6. The Bertz CT molecular complexity index is 1010. The van der Waals surface area contributed by atoms with Crippen molar-refractivity contribution in [3.63, 3.8) is 0 Å². The Labute approximate surface area is 182 Å². The van der Waals surface area contributed by atoms with E-state index in [1.54, 1.807) is 12.1 Å². The van der Waals surface area contributed by atoms with Gasteiger partial charge in [-0.3, -0.25) is 9.59 Å². The topological polar surface area (TPSA) is 40.6 Å². The maximum Gasteiger partial charge on any atom is 0.298 e. The molecule has 156 valence electrons. The zero-order valence-electron chi connectivity index (χ0n) is 18.0. The number of imide groups is 1. The van der Waals surface area contributed by atoms with Crippen LogP contribution in [0.2, 0.25) is 0 Å². The van der Waals surface area contributed by atoms with Crippen molar-refractivity contribution in [3.05, 3.63) is 64.6 Å². The van der Waals surface area contributed by atoms with Gasteiger partial charge in [0.2, 0.25) is 0 Å². The van der Waals surface area contributed by atoms with Crippen molar-refractivity contribution in [1.29, 1.82) is 0 Å². The number of amides is 2. The van der Waals surface area contributed by atoms with Crippen LogP contribution in [0.15, 0.2) is 53.4 Å². The fourth-order valence-electron chi connectivity index (χ4n) is 4.66. The van der Waals surface area contributed by atoms with E-state index in [1.807, 2.05) is 24.3 Å². The predicted molar refractivity (Wildman–Crippen MR) is 126 cm³/mol. The summed E-state index contributed by atoms with van der Waals surface area (Å²) in [4.78, 5) is 29.6. The second-order valence-electron chi connectivity index (χ2n) is 8.74. The Morgan fingerprint density at radius 2 is 1.87 bits per heavy atom. The average Bonchev–Trinajstić information content (AvgIpc) is 2.98. The fraction of sp³-hybridized carbons (Fsp3) is 0.360. The van der Waals surface area contributed by atoms with Gasteiger partial charge in [-0.2, -0.15) is 0 Å². The highest BCUT2D eigenvalue weighted by Gasteiger charge is 2.37. The molecule has 2 amide bonds. The molecule has 2 aromatic carbocycles. The number of para-hydroxylation sites is 1. The highest BCUT2D eigenvalue weighted by atomic mass is 32.2. The Morgan fingerprint density at radius 1 is 1.13 bits per heavy atom. The molecule has 2 aliphatic heterocycles. The zero-order valence-corrected chi connectivity index (χ0v) is 18.8. The Kier molecular flexibility index (Phi) is 5.49. The molecule has 1 unspecified atom stereocenters. The predicted octanol–water partition coefficient (Wildman–Crippen LogP) is 6.43. The van der Waals surface area contributed by atoms with E-state index in [9.17, 15) is 9.59 Å². The number of carbonyl (C=O) groups excluding carboxylic acids is 2. The van der Waals surface area contributed by atoms with E-state index in [1.165, 1.54) is 16.2 Å². The lowest BCUT2D eigenvalue weighted by atomic mass is 9.79. The van der Waals surface area contributed by atoms with Crippen molar-refractivity contribution < 1.29 is 9.59 Å². The van der Waals surface area contributed by atoms with Crippen LogP contribution in [0.1, 0.15) is 57.6 Å². The van der Waals surface area contributed by atoms with Gasteiger partial charge in [-0.05, 0) is 85.8 Å². The summed E-state index contributed by atoms with van der Waals surface area (Å²) >= 11 is 1.01. The fourth-order valence-corrected chi connectivity index (χ4v) is 5.51. The van der Waals surface area contributed by atoms with Gasteiger partial charge in [0.05, 0.1) is 10.6 Å². The summed E-state index contributed by atoms with van der Waals surface area (Å²) in [5.74, 6) is 0.187. The SMILES string of the molecule is CCCN1c2ccc(/C=C3/SC(=O)N(c4ccccc4)C3=O)cc2C(C)CC1(C)C. The number of hydrogen-bond donors (Lipinski definition) is 0. The van der Waals surface area contributed by atoms with Crippen LogP contribution in [0.5, 0.6) is 0 Å². The highest BCUT2D eigenvalue weighted by molar-refractivity contribution is 8.19. The molecule has 4 nitrogen and oxygen atoms in total. The number of hydrogen-bond acceptors (Lipinski definition) is 4. The molecule has 0 spiro atoms. The summed E-state index contributed by atoms with van der Waals surface area (Å²) in [5, 5.41) is -0.250. The van der Waals surface area contributed by atoms with Crippen LogP contribution < -0.4 is 9.80 Å². The molecule has 1 atom stereocenters. The second kappa shape index (κ2) is 7.95. The van der Waals surface area contributed by atoms with Gasteiger partial charge in [-0.25, -0.2) is 4.90 Å². The molecule has 2 aromatic rings. The lowest BCUT2D eigenvalue weighted by Gasteiger charge is -2.47. The minimum absolute atomic E-state index is 0.127. The van der Waals surface area contributed by atoms with Gasteiger partial charge < -0.3 is 4.90 Å². The van der Waals surface area contributed by atoms with Crippen LogP contribution in [-0.2, 0) is 4.79 Å². The third-order valence-electron chi connectivity index (χ3n) is 5.96. The molecule has 4 rings (SSSR count). The number of thioether (sulfide) groups is 1. The first-order valence-corrected chi connectivity index (χ1v) is 11.4. The van der Waals surface area contributed by atoms with Crippen LogP contribution in [0, 0.1) is 0 Å². The average molecular weight is 421 g/mol. The van der Waals surface area contributed by atoms with Crippen LogP contribution >= 0.6 is 11.8 Å². The Balaban J connectivity index is 1.67. The van der Waals surface area contributed by atoms with Crippen molar-refractivity contribution in [1.82, 2.24) is 0 Å². The monoisotopic (exact) mass is 420 g/mol. The number of carbonyl (C=O) groups is 2. The lowest BCUT2D eigenvalue weighted by molar-refractivity contribution is -0.113. The number of rotatable bonds is 4. The van der Waals surface area contributed by atoms with Crippen LogP contribution in [0.3, 0.4) is 0 Å². The molecule has 5 heteroatoms. The standard InChI is InChI=1S/C25H28N2O2S/c1-5-13-26-21-12-11-18(14-20(21)17(2)16-25(26,3)4)15-22-23(28)27(24(29)30-22)19-9-7-6-8-10-19/h6-12,14-15,17H,5,13,16H2,1-4H3/b22-15+. The highest BCUT2D eigenvalue weighted by Crippen LogP contribution is 2.44. The van der Waals surface area contributed by atoms with Gasteiger partial charge >= 0.3 is 0 Å². The van der Waals surface area contributed by atoms with Gasteiger partial charge in [0.25, 0.3) is 11.1 Å². The van der Waals surface area contributed by atoms with Crippen molar-refractivity contribution >= 4 is 40.4 Å². The van der Waals surface area contributed by atoms with E-state index >= 15 is 0 Å². The zero-order chi connectivity index (χ0) is 21.5. The molecule has 1 saturated heterocycles. The summed E-state index contributed by atoms with van der Waals surface area (Å²) < 4.78 is 0. The molecular formula is C25H28N2O2S. The molecule has 0 aliphatic carbocycles. The second-order valence-corrected chi connectivity index (χ2v) is 9.73. The summed E-state index contributed by atoms with van der Waals surface area (Å²) in [7, 11) is 0. The molecule has 0 saturated carbocycles. The van der Waals surface area contributed by atoms with Gasteiger partial charge in [0.1, 0.15) is 0 Å². The van der Waals surface area contributed by atoms with Crippen LogP contribution in [-0.4, -0.2) is 23.2 Å². The van der Waals surface area contributed by atoms with E-state index in [2.05, 4.69) is 50.8 Å². The molecular weight excluding hydrogens is 392 g/mol. The molecule has 1 fully saturated rings. The number of fused-ring (bicyclic) bond motifs is 1. The number of anilines is 2. The minimum Gasteiger partial charge on any atom is -0.366 e. The van der Waals surface area contributed by atoms with Gasteiger partial charge in [0, 0.05) is 17.8 Å². The van der Waals surface area contributed by atoms with Gasteiger partial charge in [-0.1, -0.05) is 38.1 Å². The molecule has 0 bridgehead atoms. The maximum atomic E-state index is 12.9. The Hall–Kier alpha value is -2.53. The summed E-state index contributed by atoms with van der Waals surface area (Å²) in [6, 6.07) is 15.5. The molecule has 0 radical (unpaired) electrons. The summed E-state index contributed by atoms with van der Waals surface area (Å²) in [6.07, 6.45) is 4.05.